The number of carboxylic acids is 1. The van der Waals surface area contributed by atoms with Crippen LogP contribution >= 0.6 is 0 Å². The average molecular weight is 366 g/mol. The van der Waals surface area contributed by atoms with Gasteiger partial charge in [0.1, 0.15) is 0 Å². The zero-order valence-electron chi connectivity index (χ0n) is 15.1. The van der Waals surface area contributed by atoms with E-state index in [0.717, 1.165) is 22.4 Å². The van der Waals surface area contributed by atoms with Gasteiger partial charge in [-0.05, 0) is 49.1 Å². The summed E-state index contributed by atoms with van der Waals surface area (Å²) in [4.78, 5) is 35.4. The molecular weight excluding hydrogens is 344 g/mol. The van der Waals surface area contributed by atoms with Crippen LogP contribution < -0.4 is 10.6 Å². The molecule has 1 aliphatic heterocycles. The van der Waals surface area contributed by atoms with E-state index in [1.54, 1.807) is 18.2 Å². The van der Waals surface area contributed by atoms with Crippen LogP contribution in [0.15, 0.2) is 42.5 Å². The number of carboxylic acid groups (broad SMARTS) is 1. The van der Waals surface area contributed by atoms with Crippen LogP contribution in [0.3, 0.4) is 0 Å². The van der Waals surface area contributed by atoms with Crippen molar-refractivity contribution in [1.29, 1.82) is 0 Å². The van der Waals surface area contributed by atoms with Crippen molar-refractivity contribution in [2.75, 3.05) is 11.9 Å². The van der Waals surface area contributed by atoms with Crippen molar-refractivity contribution in [3.8, 4) is 0 Å². The highest BCUT2D eigenvalue weighted by Crippen LogP contribution is 2.23. The summed E-state index contributed by atoms with van der Waals surface area (Å²) >= 11 is 0. The van der Waals surface area contributed by atoms with Crippen molar-refractivity contribution in [1.82, 2.24) is 5.32 Å². The van der Waals surface area contributed by atoms with E-state index in [1.807, 2.05) is 31.2 Å². The van der Waals surface area contributed by atoms with Crippen LogP contribution in [0, 0.1) is 12.8 Å². The summed E-state index contributed by atoms with van der Waals surface area (Å²) in [7, 11) is 0. The van der Waals surface area contributed by atoms with Crippen LogP contribution in [-0.2, 0) is 22.4 Å². The minimum atomic E-state index is -0.940. The fourth-order valence-electron chi connectivity index (χ4n) is 3.21. The standard InChI is InChI=1S/C21H22N2O4/c1-13-3-2-4-14(9-13)10-17(21(26)27)12-22-20(25)16-5-7-18-15(11-16)6-8-19(24)23-18/h2-5,7,9,11,17H,6,8,10,12H2,1H3,(H,22,25)(H,23,24)(H,26,27). The van der Waals surface area contributed by atoms with Crippen molar-refractivity contribution in [3.63, 3.8) is 0 Å². The fraction of sp³-hybridized carbons (Fsp3) is 0.286. The van der Waals surface area contributed by atoms with E-state index in [4.69, 9.17) is 0 Å². The molecule has 2 aromatic carbocycles. The largest absolute Gasteiger partial charge is 0.481 e. The van der Waals surface area contributed by atoms with Crippen LogP contribution in [0.25, 0.3) is 0 Å². The molecule has 2 aromatic rings. The van der Waals surface area contributed by atoms with Gasteiger partial charge in [-0.25, -0.2) is 0 Å². The Kier molecular flexibility index (Phi) is 5.54. The number of anilines is 1. The first kappa shape index (κ1) is 18.6. The first-order valence-corrected chi connectivity index (χ1v) is 8.91. The summed E-state index contributed by atoms with van der Waals surface area (Å²) in [5, 5.41) is 15.0. The second kappa shape index (κ2) is 8.03. The maximum atomic E-state index is 12.4. The third-order valence-electron chi connectivity index (χ3n) is 4.69. The van der Waals surface area contributed by atoms with E-state index in [0.29, 0.717) is 24.8 Å². The number of hydrogen-bond donors (Lipinski definition) is 3. The second-order valence-corrected chi connectivity index (χ2v) is 6.86. The third kappa shape index (κ3) is 4.73. The highest BCUT2D eigenvalue weighted by molar-refractivity contribution is 5.98. The average Bonchev–Trinajstić information content (AvgIpc) is 2.64. The molecule has 1 atom stereocenters. The van der Waals surface area contributed by atoms with Crippen molar-refractivity contribution < 1.29 is 19.5 Å². The van der Waals surface area contributed by atoms with E-state index in [1.165, 1.54) is 0 Å². The quantitative estimate of drug-likeness (QED) is 0.732. The Labute approximate surface area is 157 Å². The highest BCUT2D eigenvalue weighted by atomic mass is 16.4. The van der Waals surface area contributed by atoms with Gasteiger partial charge in [0.2, 0.25) is 5.91 Å². The normalized spacial score (nSPS) is 14.0. The van der Waals surface area contributed by atoms with Gasteiger partial charge < -0.3 is 15.7 Å². The van der Waals surface area contributed by atoms with Gasteiger partial charge in [0.15, 0.2) is 0 Å². The number of carbonyl (C=O) groups is 3. The summed E-state index contributed by atoms with van der Waals surface area (Å²) in [5.74, 6) is -1.98. The van der Waals surface area contributed by atoms with Crippen LogP contribution in [-0.4, -0.2) is 29.4 Å². The van der Waals surface area contributed by atoms with Crippen LogP contribution in [0.1, 0.15) is 33.5 Å². The number of fused-ring (bicyclic) bond motifs is 1. The molecule has 27 heavy (non-hydrogen) atoms. The SMILES string of the molecule is Cc1cccc(CC(CNC(=O)c2ccc3c(c2)CCC(=O)N3)C(=O)O)c1. The molecule has 0 saturated carbocycles. The van der Waals surface area contributed by atoms with Crippen molar-refractivity contribution >= 4 is 23.5 Å². The lowest BCUT2D eigenvalue weighted by Gasteiger charge is -2.18. The van der Waals surface area contributed by atoms with Gasteiger partial charge in [0.25, 0.3) is 5.91 Å². The second-order valence-electron chi connectivity index (χ2n) is 6.86. The Morgan fingerprint density at radius 2 is 2.00 bits per heavy atom. The number of benzene rings is 2. The van der Waals surface area contributed by atoms with Gasteiger partial charge in [0, 0.05) is 24.2 Å². The molecule has 3 rings (SSSR count). The predicted molar refractivity (Wildman–Crippen MR) is 102 cm³/mol. The number of carbonyl (C=O) groups excluding carboxylic acids is 2. The molecule has 0 bridgehead atoms. The zero-order chi connectivity index (χ0) is 19.4. The lowest BCUT2D eigenvalue weighted by Crippen LogP contribution is -2.34. The molecular formula is C21H22N2O4. The molecule has 3 N–H and O–H groups in total. The summed E-state index contributed by atoms with van der Waals surface area (Å²) in [6.07, 6.45) is 1.34. The van der Waals surface area contributed by atoms with Crippen LogP contribution in [0.4, 0.5) is 5.69 Å². The van der Waals surface area contributed by atoms with Crippen LogP contribution in [0.5, 0.6) is 0 Å². The summed E-state index contributed by atoms with van der Waals surface area (Å²) in [5.41, 5.74) is 4.11. The number of amides is 2. The van der Waals surface area contributed by atoms with Crippen molar-refractivity contribution in [2.45, 2.75) is 26.2 Å². The Balaban J connectivity index is 1.64. The molecule has 0 fully saturated rings. The van der Waals surface area contributed by atoms with E-state index >= 15 is 0 Å². The molecule has 0 aliphatic carbocycles. The molecule has 6 heteroatoms. The Morgan fingerprint density at radius 1 is 1.19 bits per heavy atom. The van der Waals surface area contributed by atoms with Gasteiger partial charge in [0.05, 0.1) is 5.92 Å². The maximum absolute atomic E-state index is 12.4. The van der Waals surface area contributed by atoms with Gasteiger partial charge >= 0.3 is 5.97 Å². The Hall–Kier alpha value is -3.15. The molecule has 0 spiro atoms. The topological polar surface area (TPSA) is 95.5 Å². The van der Waals surface area contributed by atoms with Gasteiger partial charge in [-0.1, -0.05) is 29.8 Å². The lowest BCUT2D eigenvalue weighted by atomic mass is 9.97. The van der Waals surface area contributed by atoms with E-state index < -0.39 is 11.9 Å². The Morgan fingerprint density at radius 3 is 2.74 bits per heavy atom. The summed E-state index contributed by atoms with van der Waals surface area (Å²) < 4.78 is 0. The molecule has 0 radical (unpaired) electrons. The molecule has 0 saturated heterocycles. The molecule has 2 amide bonds. The minimum Gasteiger partial charge on any atom is -0.481 e. The Bertz CT molecular complexity index is 892. The zero-order valence-corrected chi connectivity index (χ0v) is 15.1. The van der Waals surface area contributed by atoms with E-state index in [2.05, 4.69) is 10.6 Å². The van der Waals surface area contributed by atoms with Gasteiger partial charge in [-0.15, -0.1) is 0 Å². The first-order chi connectivity index (χ1) is 12.9. The molecule has 1 aliphatic rings. The van der Waals surface area contributed by atoms with Crippen molar-refractivity contribution in [3.05, 3.63) is 64.7 Å². The van der Waals surface area contributed by atoms with E-state index in [9.17, 15) is 19.5 Å². The van der Waals surface area contributed by atoms with Crippen molar-refractivity contribution in [2.24, 2.45) is 5.92 Å². The number of aliphatic carboxylic acids is 1. The van der Waals surface area contributed by atoms with E-state index in [-0.39, 0.29) is 18.4 Å². The molecule has 6 nitrogen and oxygen atoms in total. The highest BCUT2D eigenvalue weighted by Gasteiger charge is 2.21. The minimum absolute atomic E-state index is 0.0276. The summed E-state index contributed by atoms with van der Waals surface area (Å²) in [6, 6.07) is 12.8. The predicted octanol–water partition coefficient (Wildman–Crippen LogP) is 2.55. The fourth-order valence-corrected chi connectivity index (χ4v) is 3.21. The van der Waals surface area contributed by atoms with Gasteiger partial charge in [-0.3, -0.25) is 14.4 Å². The number of nitrogens with one attached hydrogen (secondary N) is 2. The summed E-state index contributed by atoms with van der Waals surface area (Å²) in [6.45, 7) is 2.01. The molecule has 140 valence electrons. The first-order valence-electron chi connectivity index (χ1n) is 8.91. The smallest absolute Gasteiger partial charge is 0.308 e. The maximum Gasteiger partial charge on any atom is 0.308 e. The molecule has 1 unspecified atom stereocenters. The molecule has 1 heterocycles. The monoisotopic (exact) mass is 366 g/mol. The number of rotatable bonds is 6. The number of aryl methyl sites for hydroxylation is 2. The lowest BCUT2D eigenvalue weighted by molar-refractivity contribution is -0.141. The third-order valence-corrected chi connectivity index (χ3v) is 4.69. The number of hydrogen-bond acceptors (Lipinski definition) is 3. The molecule has 0 aromatic heterocycles. The van der Waals surface area contributed by atoms with Gasteiger partial charge in [-0.2, -0.15) is 0 Å². The van der Waals surface area contributed by atoms with Crippen LogP contribution in [0.2, 0.25) is 0 Å².